The van der Waals surface area contributed by atoms with E-state index in [0.717, 1.165) is 70.6 Å². The second-order valence-electron chi connectivity index (χ2n) is 12.8. The van der Waals surface area contributed by atoms with E-state index in [1.54, 1.807) is 27.7 Å². The number of rotatable bonds is 28. The van der Waals surface area contributed by atoms with Crippen LogP contribution in [0.3, 0.4) is 0 Å². The lowest BCUT2D eigenvalue weighted by Crippen LogP contribution is -2.38. The highest BCUT2D eigenvalue weighted by atomic mass is 31.2. The number of ether oxygens (including phenoxy) is 5. The Morgan fingerprint density at radius 3 is 1.43 bits per heavy atom. The molecular weight excluding hydrogens is 657 g/mol. The molecule has 0 heterocycles. The lowest BCUT2D eigenvalue weighted by molar-refractivity contribution is -0.144. The van der Waals surface area contributed by atoms with Crippen LogP contribution < -0.4 is 5.73 Å². The average Bonchev–Trinajstić information content (AvgIpc) is 3.03. The van der Waals surface area contributed by atoms with E-state index in [-0.39, 0.29) is 26.4 Å². The Labute approximate surface area is 295 Å². The molecule has 0 aliphatic rings. The standard InChI is InChI=1S/C34H66N3O11P/c1-9-12-15-17-19-21-24-43-33(39)45-30(27(4)5)47-49(41,36-32(35)37(8)26-29(38)42-23-14-11-3)48-31(28(6)7)46-34(40)44-25-22-20-18-16-13-10-2/h27-28,30-31H,9-26H2,1-8H3,(H2,35,36,41). The molecule has 0 spiro atoms. The maximum atomic E-state index is 14.3. The SMILES string of the molecule is CCCCCCCCOC(=O)OC(OP(=O)(/N=C(\N)N(C)CC(=O)OCCCC)OC(OC(=O)OCCCCCCCC)C(C)C)C(C)C. The normalized spacial score (nSPS) is 14.2. The van der Waals surface area contributed by atoms with Gasteiger partial charge in [0.1, 0.15) is 6.54 Å². The van der Waals surface area contributed by atoms with E-state index in [9.17, 15) is 18.9 Å². The summed E-state index contributed by atoms with van der Waals surface area (Å²) in [6, 6.07) is 0. The van der Waals surface area contributed by atoms with E-state index < -0.39 is 56.4 Å². The lowest BCUT2D eigenvalue weighted by Gasteiger charge is -2.28. The smallest absolute Gasteiger partial charge is 0.464 e. The third-order valence-corrected chi connectivity index (χ3v) is 8.56. The summed E-state index contributed by atoms with van der Waals surface area (Å²) in [7, 11) is -3.28. The molecule has 0 amide bonds. The third-order valence-electron chi connectivity index (χ3n) is 7.17. The summed E-state index contributed by atoms with van der Waals surface area (Å²) in [6.45, 7) is 13.2. The number of carbonyl (C=O) groups is 3. The van der Waals surface area contributed by atoms with Crippen LogP contribution in [0.15, 0.2) is 4.76 Å². The Bertz CT molecular complexity index is 931. The van der Waals surface area contributed by atoms with Crippen molar-refractivity contribution in [2.24, 2.45) is 22.3 Å². The van der Waals surface area contributed by atoms with E-state index in [2.05, 4.69) is 18.6 Å². The summed E-state index contributed by atoms with van der Waals surface area (Å²) in [6.07, 6.45) is 8.70. The molecule has 2 atom stereocenters. The van der Waals surface area contributed by atoms with Gasteiger partial charge >= 0.3 is 26.0 Å². The fourth-order valence-electron chi connectivity index (χ4n) is 4.08. The number of carbonyl (C=O) groups excluding carboxylic acids is 3. The van der Waals surface area contributed by atoms with Gasteiger partial charge in [-0.05, 0) is 19.3 Å². The first-order valence-electron chi connectivity index (χ1n) is 18.1. The number of esters is 1. The van der Waals surface area contributed by atoms with Crippen molar-refractivity contribution in [2.45, 2.75) is 151 Å². The van der Waals surface area contributed by atoms with E-state index in [4.69, 9.17) is 38.5 Å². The largest absolute Gasteiger partial charge is 0.510 e. The average molecular weight is 724 g/mol. The summed E-state index contributed by atoms with van der Waals surface area (Å²) in [5, 5.41) is 0. The van der Waals surface area contributed by atoms with Crippen LogP contribution in [0, 0.1) is 11.8 Å². The maximum absolute atomic E-state index is 14.3. The minimum Gasteiger partial charge on any atom is -0.464 e. The van der Waals surface area contributed by atoms with Gasteiger partial charge in [0.25, 0.3) is 0 Å². The van der Waals surface area contributed by atoms with Gasteiger partial charge in [0.15, 0.2) is 0 Å². The first-order chi connectivity index (χ1) is 23.3. The van der Waals surface area contributed by atoms with E-state index in [1.165, 1.54) is 11.9 Å². The minimum atomic E-state index is -4.72. The van der Waals surface area contributed by atoms with Gasteiger partial charge in [0, 0.05) is 18.9 Å². The van der Waals surface area contributed by atoms with Crippen LogP contribution in [-0.2, 0) is 42.1 Å². The predicted octanol–water partition coefficient (Wildman–Crippen LogP) is 8.71. The lowest BCUT2D eigenvalue weighted by atomic mass is 10.1. The fraction of sp³-hybridized carbons (Fsp3) is 0.882. The number of hydrogen-bond acceptors (Lipinski definition) is 11. The van der Waals surface area contributed by atoms with Gasteiger partial charge in [-0.1, -0.05) is 119 Å². The van der Waals surface area contributed by atoms with Gasteiger partial charge in [-0.15, -0.1) is 4.76 Å². The molecule has 0 saturated carbocycles. The van der Waals surface area contributed by atoms with Crippen LogP contribution in [0.1, 0.15) is 138 Å². The van der Waals surface area contributed by atoms with Crippen LogP contribution in [-0.4, -0.2) is 75.1 Å². The Morgan fingerprint density at radius 1 is 0.633 bits per heavy atom. The fourth-order valence-corrected chi connectivity index (χ4v) is 5.72. The number of guanidine groups is 1. The van der Waals surface area contributed by atoms with Gasteiger partial charge in [-0.3, -0.25) is 4.79 Å². The predicted molar refractivity (Wildman–Crippen MR) is 189 cm³/mol. The number of likely N-dealkylation sites (N-methyl/N-ethyl adjacent to an activating group) is 1. The molecule has 15 heteroatoms. The molecule has 288 valence electrons. The van der Waals surface area contributed by atoms with Gasteiger partial charge < -0.3 is 34.3 Å². The van der Waals surface area contributed by atoms with Crippen LogP contribution in [0.5, 0.6) is 0 Å². The Hall–Kier alpha value is -2.57. The van der Waals surface area contributed by atoms with Crippen LogP contribution in [0.2, 0.25) is 0 Å². The molecule has 0 aliphatic heterocycles. The molecule has 0 radical (unpaired) electrons. The summed E-state index contributed by atoms with van der Waals surface area (Å²) in [4.78, 5) is 38.6. The monoisotopic (exact) mass is 723 g/mol. The van der Waals surface area contributed by atoms with Gasteiger partial charge in [-0.2, -0.15) is 0 Å². The highest BCUT2D eigenvalue weighted by molar-refractivity contribution is 7.52. The molecule has 0 bridgehead atoms. The quantitative estimate of drug-likeness (QED) is 0.0154. The van der Waals surface area contributed by atoms with Crippen molar-refractivity contribution in [1.82, 2.24) is 4.90 Å². The van der Waals surface area contributed by atoms with Crippen molar-refractivity contribution in [2.75, 3.05) is 33.4 Å². The first-order valence-corrected chi connectivity index (χ1v) is 19.6. The molecule has 0 saturated heterocycles. The molecule has 14 nitrogen and oxygen atoms in total. The zero-order chi connectivity index (χ0) is 37.1. The highest BCUT2D eigenvalue weighted by Gasteiger charge is 2.39. The molecule has 0 aromatic heterocycles. The molecule has 2 N–H and O–H groups in total. The molecule has 0 fully saturated rings. The van der Waals surface area contributed by atoms with E-state index in [1.807, 2.05) is 6.92 Å². The minimum absolute atomic E-state index is 0.151. The molecule has 0 aromatic carbocycles. The van der Waals surface area contributed by atoms with Crippen LogP contribution in [0.25, 0.3) is 0 Å². The number of nitrogens with two attached hydrogens (primary N) is 1. The number of hydrogen-bond donors (Lipinski definition) is 1. The van der Waals surface area contributed by atoms with Crippen molar-refractivity contribution >= 4 is 32.0 Å². The Kier molecular flexibility index (Phi) is 26.7. The summed E-state index contributed by atoms with van der Waals surface area (Å²) in [5.74, 6) is -2.04. The van der Waals surface area contributed by atoms with Gasteiger partial charge in [0.2, 0.25) is 18.5 Å². The highest BCUT2D eigenvalue weighted by Crippen LogP contribution is 2.54. The molecule has 2 unspecified atom stereocenters. The summed E-state index contributed by atoms with van der Waals surface area (Å²) in [5.41, 5.74) is 6.13. The molecule has 0 rings (SSSR count). The van der Waals surface area contributed by atoms with Crippen molar-refractivity contribution in [3.63, 3.8) is 0 Å². The van der Waals surface area contributed by atoms with E-state index in [0.29, 0.717) is 19.3 Å². The second kappa shape index (κ2) is 28.2. The zero-order valence-electron chi connectivity index (χ0n) is 31.4. The first kappa shape index (κ1) is 46.4. The van der Waals surface area contributed by atoms with Crippen molar-refractivity contribution in [3.05, 3.63) is 0 Å². The van der Waals surface area contributed by atoms with Crippen molar-refractivity contribution in [3.8, 4) is 0 Å². The molecular formula is C34H66N3O11P. The molecule has 49 heavy (non-hydrogen) atoms. The number of nitrogens with zero attached hydrogens (tertiary/aromatic N) is 2. The molecule has 0 aromatic rings. The van der Waals surface area contributed by atoms with Crippen molar-refractivity contribution in [1.29, 1.82) is 0 Å². The number of unbranched alkanes of at least 4 members (excludes halogenated alkanes) is 11. The topological polar surface area (TPSA) is 175 Å². The summed E-state index contributed by atoms with van der Waals surface area (Å²) < 4.78 is 56.1. The van der Waals surface area contributed by atoms with E-state index >= 15 is 0 Å². The summed E-state index contributed by atoms with van der Waals surface area (Å²) >= 11 is 0. The van der Waals surface area contributed by atoms with Crippen LogP contribution >= 0.6 is 7.75 Å². The van der Waals surface area contributed by atoms with Crippen molar-refractivity contribution < 1.29 is 51.7 Å². The van der Waals surface area contributed by atoms with Crippen LogP contribution in [0.4, 0.5) is 9.59 Å². The van der Waals surface area contributed by atoms with Gasteiger partial charge in [0.05, 0.1) is 19.8 Å². The zero-order valence-corrected chi connectivity index (χ0v) is 32.3. The Balaban J connectivity index is 5.80. The van der Waals surface area contributed by atoms with Gasteiger partial charge in [-0.25, -0.2) is 23.2 Å². The Morgan fingerprint density at radius 2 is 1.02 bits per heavy atom. The maximum Gasteiger partial charge on any atom is 0.510 e. The third kappa shape index (κ3) is 24.3. The molecule has 0 aliphatic carbocycles. The second-order valence-corrected chi connectivity index (χ2v) is 14.3.